The van der Waals surface area contributed by atoms with E-state index < -0.39 is 4.92 Å². The number of carbonyl (C=O) groups is 1. The number of nitro groups is 1. The molecule has 0 saturated heterocycles. The molecule has 35 heavy (non-hydrogen) atoms. The molecule has 10 heteroatoms. The van der Waals surface area contributed by atoms with Crippen molar-refractivity contribution in [3.8, 4) is 16.9 Å². The third-order valence-electron chi connectivity index (χ3n) is 5.41. The van der Waals surface area contributed by atoms with Gasteiger partial charge in [0, 0.05) is 28.6 Å². The number of amides is 1. The van der Waals surface area contributed by atoms with Gasteiger partial charge in [0.2, 0.25) is 0 Å². The van der Waals surface area contributed by atoms with E-state index in [1.807, 2.05) is 6.07 Å². The number of non-ortho nitro benzene ring substituents is 1. The zero-order valence-electron chi connectivity index (χ0n) is 18.3. The highest BCUT2D eigenvalue weighted by atomic mass is 32.1. The average molecular weight is 484 g/mol. The zero-order chi connectivity index (χ0) is 24.5. The van der Waals surface area contributed by atoms with E-state index in [4.69, 9.17) is 0 Å². The van der Waals surface area contributed by atoms with Crippen LogP contribution in [0.1, 0.15) is 16.2 Å². The van der Waals surface area contributed by atoms with Crippen molar-refractivity contribution >= 4 is 39.0 Å². The van der Waals surface area contributed by atoms with E-state index in [9.17, 15) is 19.7 Å². The van der Waals surface area contributed by atoms with Crippen LogP contribution in [0.15, 0.2) is 83.0 Å². The highest BCUT2D eigenvalue weighted by Gasteiger charge is 2.14. The Hall–Kier alpha value is -4.70. The number of thiazole rings is 1. The minimum atomic E-state index is -0.466. The fourth-order valence-electron chi connectivity index (χ4n) is 3.72. The van der Waals surface area contributed by atoms with Crippen molar-refractivity contribution in [1.82, 2.24) is 14.5 Å². The molecule has 0 aliphatic rings. The van der Waals surface area contributed by atoms with Crippen molar-refractivity contribution in [3.05, 3.63) is 110 Å². The summed E-state index contributed by atoms with van der Waals surface area (Å²) in [6.07, 6.45) is 0. The van der Waals surface area contributed by atoms with E-state index in [0.717, 1.165) is 0 Å². The summed E-state index contributed by atoms with van der Waals surface area (Å²) in [5.74, 6) is 0.180. The number of nitro benzene ring substituents is 1. The maximum Gasteiger partial charge on any atom is 0.270 e. The molecule has 0 bridgehead atoms. The molecule has 5 aromatic rings. The van der Waals surface area contributed by atoms with E-state index in [0.29, 0.717) is 44.4 Å². The zero-order valence-corrected chi connectivity index (χ0v) is 19.2. The highest BCUT2D eigenvalue weighted by Crippen LogP contribution is 2.27. The Labute approximate surface area is 202 Å². The predicted octanol–water partition coefficient (Wildman–Crippen LogP) is 4.98. The van der Waals surface area contributed by atoms with Crippen molar-refractivity contribution in [2.75, 3.05) is 5.32 Å². The molecule has 172 valence electrons. The smallest absolute Gasteiger partial charge is 0.270 e. The maximum atomic E-state index is 13.0. The molecule has 5 rings (SSSR count). The van der Waals surface area contributed by atoms with Gasteiger partial charge in [0.1, 0.15) is 5.82 Å². The third kappa shape index (κ3) is 4.30. The van der Waals surface area contributed by atoms with Gasteiger partial charge in [0.25, 0.3) is 17.2 Å². The quantitative estimate of drug-likeness (QED) is 0.278. The van der Waals surface area contributed by atoms with Gasteiger partial charge >= 0.3 is 0 Å². The molecule has 0 unspecified atom stereocenters. The lowest BCUT2D eigenvalue weighted by atomic mass is 10.1. The van der Waals surface area contributed by atoms with E-state index in [1.165, 1.54) is 28.0 Å². The Kier molecular flexibility index (Phi) is 5.63. The molecule has 0 radical (unpaired) electrons. The number of aromatic nitrogens is 3. The summed E-state index contributed by atoms with van der Waals surface area (Å²) in [6.45, 7) is 1.76. The van der Waals surface area contributed by atoms with Crippen molar-refractivity contribution in [1.29, 1.82) is 0 Å². The van der Waals surface area contributed by atoms with Gasteiger partial charge in [-0.3, -0.25) is 29.6 Å². The largest absolute Gasteiger partial charge is 0.298 e. The van der Waals surface area contributed by atoms with Crippen LogP contribution in [0.5, 0.6) is 0 Å². The second kappa shape index (κ2) is 8.92. The lowest BCUT2D eigenvalue weighted by molar-refractivity contribution is -0.384. The number of nitrogens with one attached hydrogen (secondary N) is 1. The number of anilines is 1. The number of para-hydroxylation sites is 1. The van der Waals surface area contributed by atoms with Crippen molar-refractivity contribution in [3.63, 3.8) is 0 Å². The van der Waals surface area contributed by atoms with Gasteiger partial charge < -0.3 is 0 Å². The average Bonchev–Trinajstić information content (AvgIpc) is 3.33. The first-order valence-corrected chi connectivity index (χ1v) is 11.4. The molecule has 2 heterocycles. The van der Waals surface area contributed by atoms with Crippen LogP contribution >= 0.6 is 11.3 Å². The second-order valence-electron chi connectivity index (χ2n) is 7.66. The minimum Gasteiger partial charge on any atom is -0.298 e. The lowest BCUT2D eigenvalue weighted by Gasteiger charge is -2.11. The van der Waals surface area contributed by atoms with Gasteiger partial charge in [0.05, 0.1) is 27.2 Å². The molecule has 9 nitrogen and oxygen atoms in total. The number of carbonyl (C=O) groups excluding carboxylic acids is 1. The number of rotatable bonds is 5. The van der Waals surface area contributed by atoms with Crippen molar-refractivity contribution in [2.45, 2.75) is 6.92 Å². The Bertz CT molecular complexity index is 1660. The van der Waals surface area contributed by atoms with E-state index in [-0.39, 0.29) is 17.2 Å². The molecule has 0 spiro atoms. The molecule has 0 aliphatic heterocycles. The summed E-state index contributed by atoms with van der Waals surface area (Å²) in [5, 5.41) is 16.4. The van der Waals surface area contributed by atoms with Crippen LogP contribution in [-0.4, -0.2) is 25.4 Å². The first-order valence-electron chi connectivity index (χ1n) is 10.5. The number of nitrogens with zero attached hydrogens (tertiary/aromatic N) is 4. The molecular weight excluding hydrogens is 466 g/mol. The Morgan fingerprint density at radius 3 is 2.57 bits per heavy atom. The molecule has 0 atom stereocenters. The van der Waals surface area contributed by atoms with E-state index in [2.05, 4.69) is 15.3 Å². The number of fused-ring (bicyclic) bond motifs is 1. The molecule has 0 saturated carbocycles. The summed E-state index contributed by atoms with van der Waals surface area (Å²) >= 11 is 1.22. The topological polar surface area (TPSA) is 120 Å². The SMILES string of the molecule is Cc1nc2ccccc2c(=O)n1-c1ccc(C(=O)Nc2nc(-c3cccc([N+](=O)[O-])c3)cs2)cc1. The van der Waals surface area contributed by atoms with Gasteiger partial charge in [-0.2, -0.15) is 0 Å². The van der Waals surface area contributed by atoms with Gasteiger partial charge in [-0.05, 0) is 43.3 Å². The van der Waals surface area contributed by atoms with Crippen LogP contribution < -0.4 is 10.9 Å². The summed E-state index contributed by atoms with van der Waals surface area (Å²) in [7, 11) is 0. The standard InChI is InChI=1S/C25H17N5O4S/c1-15-26-21-8-3-2-7-20(21)24(32)29(15)18-11-9-16(10-12-18)23(31)28-25-27-22(14-35-25)17-5-4-6-19(13-17)30(33)34/h2-14H,1H3,(H,27,28,31). The van der Waals surface area contributed by atoms with Crippen molar-refractivity contribution < 1.29 is 9.72 Å². The summed E-state index contributed by atoms with van der Waals surface area (Å²) in [4.78, 5) is 45.2. The molecule has 1 amide bonds. The fraction of sp³-hybridized carbons (Fsp3) is 0.0400. The van der Waals surface area contributed by atoms with Crippen LogP contribution in [0, 0.1) is 17.0 Å². The number of hydrogen-bond donors (Lipinski definition) is 1. The monoisotopic (exact) mass is 483 g/mol. The van der Waals surface area contributed by atoms with Crippen LogP contribution in [0.2, 0.25) is 0 Å². The van der Waals surface area contributed by atoms with Crippen LogP contribution in [0.25, 0.3) is 27.8 Å². The Morgan fingerprint density at radius 1 is 1.03 bits per heavy atom. The van der Waals surface area contributed by atoms with Gasteiger partial charge in [-0.15, -0.1) is 11.3 Å². The van der Waals surface area contributed by atoms with Crippen LogP contribution in [0.3, 0.4) is 0 Å². The number of benzene rings is 3. The molecular formula is C25H17N5O4S. The maximum absolute atomic E-state index is 13.0. The Balaban J connectivity index is 1.36. The minimum absolute atomic E-state index is 0.0304. The van der Waals surface area contributed by atoms with Crippen LogP contribution in [0.4, 0.5) is 10.8 Å². The molecule has 2 aromatic heterocycles. The molecule has 0 aliphatic carbocycles. The second-order valence-corrected chi connectivity index (χ2v) is 8.52. The van der Waals surface area contributed by atoms with E-state index in [1.54, 1.807) is 66.9 Å². The summed E-state index contributed by atoms with van der Waals surface area (Å²) in [5.41, 5.74) is 2.53. The Morgan fingerprint density at radius 2 is 1.80 bits per heavy atom. The molecule has 1 N–H and O–H groups in total. The van der Waals surface area contributed by atoms with Crippen molar-refractivity contribution in [2.24, 2.45) is 0 Å². The van der Waals surface area contributed by atoms with Gasteiger partial charge in [-0.25, -0.2) is 9.97 Å². The number of hydrogen-bond acceptors (Lipinski definition) is 7. The molecule has 0 fully saturated rings. The van der Waals surface area contributed by atoms with Crippen LogP contribution in [-0.2, 0) is 0 Å². The third-order valence-corrected chi connectivity index (χ3v) is 6.17. The highest BCUT2D eigenvalue weighted by molar-refractivity contribution is 7.14. The number of aryl methyl sites for hydroxylation is 1. The first kappa shape index (κ1) is 22.1. The predicted molar refractivity (Wildman–Crippen MR) is 134 cm³/mol. The fourth-order valence-corrected chi connectivity index (χ4v) is 4.44. The normalized spacial score (nSPS) is 10.9. The molecule has 3 aromatic carbocycles. The first-order chi connectivity index (χ1) is 16.9. The summed E-state index contributed by atoms with van der Waals surface area (Å²) in [6, 6.07) is 19.9. The van der Waals surface area contributed by atoms with Gasteiger partial charge in [0.15, 0.2) is 5.13 Å². The lowest BCUT2D eigenvalue weighted by Crippen LogP contribution is -2.22. The summed E-state index contributed by atoms with van der Waals surface area (Å²) < 4.78 is 1.51. The van der Waals surface area contributed by atoms with E-state index >= 15 is 0 Å². The van der Waals surface area contributed by atoms with Gasteiger partial charge in [-0.1, -0.05) is 24.3 Å².